The fourth-order valence-corrected chi connectivity index (χ4v) is 3.19. The monoisotopic (exact) mass is 327 g/mol. The number of benzene rings is 1. The van der Waals surface area contributed by atoms with Crippen molar-refractivity contribution >= 4 is 5.91 Å². The summed E-state index contributed by atoms with van der Waals surface area (Å²) in [5.74, 6) is 1.13. The topological polar surface area (TPSA) is 39.9 Å². The Morgan fingerprint density at radius 2 is 1.79 bits per heavy atom. The van der Waals surface area contributed by atoms with Crippen molar-refractivity contribution < 1.29 is 9.21 Å². The van der Waals surface area contributed by atoms with E-state index in [1.165, 1.54) is 0 Å². The lowest BCUT2D eigenvalue weighted by atomic mass is 10.0. The maximum absolute atomic E-state index is 12.7. The number of carbonyl (C=O) groups is 1. The zero-order chi connectivity index (χ0) is 16.9. The van der Waals surface area contributed by atoms with Crippen LogP contribution >= 0.6 is 0 Å². The first-order chi connectivity index (χ1) is 11.6. The normalized spacial score (nSPS) is 17.6. The zero-order valence-electron chi connectivity index (χ0n) is 14.4. The van der Waals surface area contributed by atoms with Gasteiger partial charge in [-0.1, -0.05) is 30.3 Å². The summed E-state index contributed by atoms with van der Waals surface area (Å²) in [4.78, 5) is 19.1. The van der Waals surface area contributed by atoms with E-state index >= 15 is 0 Å². The summed E-state index contributed by atoms with van der Waals surface area (Å²) in [5, 5.41) is 0. The van der Waals surface area contributed by atoms with E-state index in [0.29, 0.717) is 0 Å². The number of furan rings is 1. The molecule has 2 aromatic rings. The van der Waals surface area contributed by atoms with Gasteiger partial charge in [-0.25, -0.2) is 0 Å². The minimum Gasteiger partial charge on any atom is -0.468 e. The molecule has 1 aromatic heterocycles. The minimum absolute atomic E-state index is 0.140. The SMILES string of the molecule is CN(C)C(=O)C(c1ccccc1)N1CCN(Cc2ccco2)CC1. The van der Waals surface area contributed by atoms with Gasteiger partial charge in [-0.3, -0.25) is 14.6 Å². The number of amides is 1. The van der Waals surface area contributed by atoms with E-state index in [1.807, 2.05) is 56.6 Å². The number of hydrogen-bond acceptors (Lipinski definition) is 4. The van der Waals surface area contributed by atoms with Crippen molar-refractivity contribution in [2.24, 2.45) is 0 Å². The second-order valence-corrected chi connectivity index (χ2v) is 6.44. The van der Waals surface area contributed by atoms with E-state index in [9.17, 15) is 4.79 Å². The highest BCUT2D eigenvalue weighted by atomic mass is 16.3. The van der Waals surface area contributed by atoms with Gasteiger partial charge in [0.15, 0.2) is 0 Å². The molecule has 5 heteroatoms. The first kappa shape index (κ1) is 16.7. The second kappa shape index (κ2) is 7.64. The van der Waals surface area contributed by atoms with Crippen LogP contribution in [0.2, 0.25) is 0 Å². The van der Waals surface area contributed by atoms with Crippen molar-refractivity contribution in [3.05, 3.63) is 60.1 Å². The van der Waals surface area contributed by atoms with Crippen LogP contribution in [-0.4, -0.2) is 60.9 Å². The molecule has 1 amide bonds. The maximum Gasteiger partial charge on any atom is 0.244 e. The average molecular weight is 327 g/mol. The summed E-state index contributed by atoms with van der Waals surface area (Å²) < 4.78 is 5.43. The molecule has 3 rings (SSSR count). The van der Waals surface area contributed by atoms with Crippen molar-refractivity contribution in [1.82, 2.24) is 14.7 Å². The molecular weight excluding hydrogens is 302 g/mol. The fraction of sp³-hybridized carbons (Fsp3) is 0.421. The molecule has 1 aliphatic heterocycles. The van der Waals surface area contributed by atoms with E-state index in [1.54, 1.807) is 11.2 Å². The van der Waals surface area contributed by atoms with E-state index in [-0.39, 0.29) is 11.9 Å². The van der Waals surface area contributed by atoms with Gasteiger partial charge in [0.1, 0.15) is 11.8 Å². The molecular formula is C19H25N3O2. The van der Waals surface area contributed by atoms with Crippen molar-refractivity contribution in [2.45, 2.75) is 12.6 Å². The maximum atomic E-state index is 12.7. The van der Waals surface area contributed by atoms with Crippen LogP contribution in [0.1, 0.15) is 17.4 Å². The van der Waals surface area contributed by atoms with Gasteiger partial charge in [0.05, 0.1) is 12.8 Å². The van der Waals surface area contributed by atoms with Gasteiger partial charge in [0.25, 0.3) is 0 Å². The summed E-state index contributed by atoms with van der Waals surface area (Å²) >= 11 is 0. The van der Waals surface area contributed by atoms with Crippen LogP contribution in [0.15, 0.2) is 53.1 Å². The molecule has 0 spiro atoms. The van der Waals surface area contributed by atoms with Gasteiger partial charge >= 0.3 is 0 Å². The van der Waals surface area contributed by atoms with Crippen molar-refractivity contribution in [3.8, 4) is 0 Å². The van der Waals surface area contributed by atoms with E-state index in [4.69, 9.17) is 4.42 Å². The van der Waals surface area contributed by atoms with Gasteiger partial charge in [0, 0.05) is 40.3 Å². The summed E-state index contributed by atoms with van der Waals surface area (Å²) in [5.41, 5.74) is 1.07. The Hall–Kier alpha value is -2.11. The average Bonchev–Trinajstić information content (AvgIpc) is 3.10. The third-order valence-electron chi connectivity index (χ3n) is 4.52. The molecule has 0 saturated carbocycles. The molecule has 0 radical (unpaired) electrons. The van der Waals surface area contributed by atoms with Gasteiger partial charge in [0.2, 0.25) is 5.91 Å². The predicted octanol–water partition coefficient (Wildman–Crippen LogP) is 2.23. The van der Waals surface area contributed by atoms with Crippen LogP contribution in [0.4, 0.5) is 0 Å². The molecule has 128 valence electrons. The van der Waals surface area contributed by atoms with Crippen LogP contribution in [0.3, 0.4) is 0 Å². The number of nitrogens with zero attached hydrogens (tertiary/aromatic N) is 3. The van der Waals surface area contributed by atoms with Crippen LogP contribution in [-0.2, 0) is 11.3 Å². The Labute approximate surface area is 143 Å². The third kappa shape index (κ3) is 3.86. The standard InChI is InChI=1S/C19H25N3O2/c1-20(2)19(23)18(16-7-4-3-5-8-16)22-12-10-21(11-13-22)15-17-9-6-14-24-17/h3-9,14,18H,10-13,15H2,1-2H3. The number of rotatable bonds is 5. The van der Waals surface area contributed by atoms with Crippen LogP contribution in [0.5, 0.6) is 0 Å². The lowest BCUT2D eigenvalue weighted by Gasteiger charge is -2.39. The van der Waals surface area contributed by atoms with E-state index in [2.05, 4.69) is 9.80 Å². The molecule has 0 bridgehead atoms. The van der Waals surface area contributed by atoms with Gasteiger partial charge in [-0.05, 0) is 17.7 Å². The summed E-state index contributed by atoms with van der Waals surface area (Å²) in [6, 6.07) is 13.8. The molecule has 24 heavy (non-hydrogen) atoms. The Bertz CT molecular complexity index is 632. The smallest absolute Gasteiger partial charge is 0.244 e. The van der Waals surface area contributed by atoms with Crippen LogP contribution < -0.4 is 0 Å². The summed E-state index contributed by atoms with van der Waals surface area (Å²) in [6.45, 7) is 4.45. The highest BCUT2D eigenvalue weighted by Crippen LogP contribution is 2.24. The van der Waals surface area contributed by atoms with Crippen molar-refractivity contribution in [3.63, 3.8) is 0 Å². The zero-order valence-corrected chi connectivity index (χ0v) is 14.4. The molecule has 1 atom stereocenters. The number of likely N-dealkylation sites (N-methyl/N-ethyl adjacent to an activating group) is 1. The van der Waals surface area contributed by atoms with Crippen molar-refractivity contribution in [1.29, 1.82) is 0 Å². The molecule has 1 unspecified atom stereocenters. The molecule has 2 heterocycles. The summed E-state index contributed by atoms with van der Waals surface area (Å²) in [7, 11) is 3.65. The molecule has 1 fully saturated rings. The molecule has 0 N–H and O–H groups in total. The fourth-order valence-electron chi connectivity index (χ4n) is 3.19. The Morgan fingerprint density at radius 1 is 1.08 bits per heavy atom. The molecule has 1 saturated heterocycles. The lowest BCUT2D eigenvalue weighted by molar-refractivity contribution is -0.135. The van der Waals surface area contributed by atoms with Crippen LogP contribution in [0, 0.1) is 0 Å². The van der Waals surface area contributed by atoms with Crippen molar-refractivity contribution in [2.75, 3.05) is 40.3 Å². The van der Waals surface area contributed by atoms with E-state index in [0.717, 1.165) is 44.0 Å². The van der Waals surface area contributed by atoms with Crippen LogP contribution in [0.25, 0.3) is 0 Å². The highest BCUT2D eigenvalue weighted by molar-refractivity contribution is 5.82. The highest BCUT2D eigenvalue weighted by Gasteiger charge is 2.31. The Morgan fingerprint density at radius 3 is 2.38 bits per heavy atom. The predicted molar refractivity (Wildman–Crippen MR) is 93.4 cm³/mol. The molecule has 5 nitrogen and oxygen atoms in total. The number of hydrogen-bond donors (Lipinski definition) is 0. The van der Waals surface area contributed by atoms with Gasteiger partial charge < -0.3 is 9.32 Å². The largest absolute Gasteiger partial charge is 0.468 e. The molecule has 1 aliphatic rings. The first-order valence-corrected chi connectivity index (χ1v) is 8.40. The third-order valence-corrected chi connectivity index (χ3v) is 4.52. The first-order valence-electron chi connectivity index (χ1n) is 8.40. The summed E-state index contributed by atoms with van der Waals surface area (Å²) in [6.07, 6.45) is 1.72. The number of piperazine rings is 1. The van der Waals surface area contributed by atoms with Gasteiger partial charge in [-0.2, -0.15) is 0 Å². The molecule has 1 aromatic carbocycles. The van der Waals surface area contributed by atoms with Gasteiger partial charge in [-0.15, -0.1) is 0 Å². The Balaban J connectivity index is 1.68. The Kier molecular flexibility index (Phi) is 5.33. The van der Waals surface area contributed by atoms with E-state index < -0.39 is 0 Å². The minimum atomic E-state index is -0.202. The number of carbonyl (C=O) groups excluding carboxylic acids is 1. The lowest BCUT2D eigenvalue weighted by Crippen LogP contribution is -2.50. The second-order valence-electron chi connectivity index (χ2n) is 6.44. The molecule has 0 aliphatic carbocycles. The quantitative estimate of drug-likeness (QED) is 0.844.